The first-order chi connectivity index (χ1) is 10.1. The van der Waals surface area contributed by atoms with Gasteiger partial charge in [-0.05, 0) is 50.6 Å². The van der Waals surface area contributed by atoms with Crippen molar-refractivity contribution < 1.29 is 4.79 Å². The van der Waals surface area contributed by atoms with E-state index in [0.29, 0.717) is 24.2 Å². The molecule has 0 amide bonds. The molecular formula is C19H27NO. The van der Waals surface area contributed by atoms with Crippen LogP contribution < -0.4 is 0 Å². The van der Waals surface area contributed by atoms with Gasteiger partial charge in [0.2, 0.25) is 0 Å². The van der Waals surface area contributed by atoms with Gasteiger partial charge in [0.1, 0.15) is 5.78 Å². The van der Waals surface area contributed by atoms with Crippen molar-refractivity contribution in [1.82, 2.24) is 4.90 Å². The Labute approximate surface area is 128 Å². The molecule has 0 N–H and O–H groups in total. The predicted octanol–water partition coefficient (Wildman–Crippen LogP) is 3.79. The molecule has 2 saturated heterocycles. The summed E-state index contributed by atoms with van der Waals surface area (Å²) in [5.41, 5.74) is 2.67. The number of piperidine rings is 1. The van der Waals surface area contributed by atoms with E-state index in [9.17, 15) is 4.79 Å². The normalized spacial score (nSPS) is 32.9. The van der Waals surface area contributed by atoms with Gasteiger partial charge in [-0.15, -0.1) is 0 Å². The molecule has 114 valence electrons. The first-order valence-corrected chi connectivity index (χ1v) is 8.39. The highest BCUT2D eigenvalue weighted by molar-refractivity contribution is 5.82. The summed E-state index contributed by atoms with van der Waals surface area (Å²) in [5, 5.41) is 0. The van der Waals surface area contributed by atoms with E-state index in [-0.39, 0.29) is 5.92 Å². The molecule has 4 rings (SSSR count). The third kappa shape index (κ3) is 2.78. The van der Waals surface area contributed by atoms with Crippen molar-refractivity contribution in [3.63, 3.8) is 0 Å². The molecule has 1 aromatic rings. The fourth-order valence-electron chi connectivity index (χ4n) is 4.51. The van der Waals surface area contributed by atoms with Crippen LogP contribution in [0.1, 0.15) is 49.7 Å². The number of carbonyl (C=O) groups is 1. The molecule has 1 aromatic carbocycles. The molecule has 2 unspecified atom stereocenters. The summed E-state index contributed by atoms with van der Waals surface area (Å²) in [6.45, 7) is 5.31. The number of nitrogens with zero attached hydrogens (tertiary/aromatic N) is 1. The highest BCUT2D eigenvalue weighted by atomic mass is 16.1. The number of Topliss-reactive ketones (excluding diaryl/α,β-unsaturated/α-hetero) is 1. The monoisotopic (exact) mass is 285 g/mol. The topological polar surface area (TPSA) is 20.3 Å². The maximum absolute atomic E-state index is 12.7. The average molecular weight is 285 g/mol. The number of ketones is 1. The first-order valence-electron chi connectivity index (χ1n) is 8.39. The van der Waals surface area contributed by atoms with Gasteiger partial charge in [0.15, 0.2) is 0 Å². The molecule has 3 aliphatic rings. The van der Waals surface area contributed by atoms with Gasteiger partial charge < -0.3 is 4.90 Å². The molecule has 2 aliphatic heterocycles. The van der Waals surface area contributed by atoms with Gasteiger partial charge >= 0.3 is 0 Å². The smallest absolute Gasteiger partial charge is 0.137 e. The van der Waals surface area contributed by atoms with Gasteiger partial charge in [-0.1, -0.05) is 36.8 Å². The molecule has 0 spiro atoms. The summed E-state index contributed by atoms with van der Waals surface area (Å²) >= 11 is 0. The summed E-state index contributed by atoms with van der Waals surface area (Å²) < 4.78 is 0. The SMILES string of the molecule is CCC(=O)[C@H]1C2CCC(C[C@H]1c1ccc(C)cc1)CN2C. The number of benzene rings is 1. The van der Waals surface area contributed by atoms with E-state index in [0.717, 1.165) is 5.92 Å². The Bertz CT molecular complexity index is 507. The molecular weight excluding hydrogens is 258 g/mol. The van der Waals surface area contributed by atoms with Gasteiger partial charge in [0.05, 0.1) is 0 Å². The van der Waals surface area contributed by atoms with Crippen LogP contribution in [0.25, 0.3) is 0 Å². The molecule has 1 saturated carbocycles. The van der Waals surface area contributed by atoms with Crippen molar-refractivity contribution >= 4 is 5.78 Å². The number of carbonyl (C=O) groups excluding carboxylic acids is 1. The van der Waals surface area contributed by atoms with E-state index in [1.54, 1.807) is 0 Å². The van der Waals surface area contributed by atoms with Crippen LogP contribution in [-0.4, -0.2) is 30.3 Å². The van der Waals surface area contributed by atoms with E-state index in [1.165, 1.54) is 36.9 Å². The zero-order chi connectivity index (χ0) is 15.0. The molecule has 0 aromatic heterocycles. The quantitative estimate of drug-likeness (QED) is 0.842. The minimum atomic E-state index is 0.190. The van der Waals surface area contributed by atoms with Crippen LogP contribution in [0.15, 0.2) is 24.3 Å². The number of hydrogen-bond donors (Lipinski definition) is 0. The summed E-state index contributed by atoms with van der Waals surface area (Å²) in [4.78, 5) is 15.1. The minimum absolute atomic E-state index is 0.190. The van der Waals surface area contributed by atoms with E-state index < -0.39 is 0 Å². The molecule has 0 radical (unpaired) electrons. The molecule has 2 heterocycles. The summed E-state index contributed by atoms with van der Waals surface area (Å²) in [6, 6.07) is 9.34. The first kappa shape index (κ1) is 14.8. The van der Waals surface area contributed by atoms with Crippen molar-refractivity contribution in [3.8, 4) is 0 Å². The van der Waals surface area contributed by atoms with Crippen LogP contribution in [0.4, 0.5) is 0 Å². The molecule has 1 aliphatic carbocycles. The lowest BCUT2D eigenvalue weighted by Crippen LogP contribution is -2.45. The number of rotatable bonds is 3. The maximum Gasteiger partial charge on any atom is 0.137 e. The van der Waals surface area contributed by atoms with E-state index >= 15 is 0 Å². The zero-order valence-corrected chi connectivity index (χ0v) is 13.5. The van der Waals surface area contributed by atoms with E-state index in [2.05, 4.69) is 43.1 Å². The second kappa shape index (κ2) is 5.92. The molecule has 3 fully saturated rings. The predicted molar refractivity (Wildman–Crippen MR) is 86.5 cm³/mol. The Morgan fingerprint density at radius 3 is 2.57 bits per heavy atom. The maximum atomic E-state index is 12.7. The Morgan fingerprint density at radius 1 is 1.24 bits per heavy atom. The van der Waals surface area contributed by atoms with Crippen molar-refractivity contribution in [2.24, 2.45) is 11.8 Å². The third-order valence-electron chi connectivity index (χ3n) is 5.64. The van der Waals surface area contributed by atoms with Crippen LogP contribution in [0, 0.1) is 18.8 Å². The van der Waals surface area contributed by atoms with Gasteiger partial charge in [0.25, 0.3) is 0 Å². The molecule has 21 heavy (non-hydrogen) atoms. The van der Waals surface area contributed by atoms with Crippen molar-refractivity contribution in [1.29, 1.82) is 0 Å². The Balaban J connectivity index is 1.99. The Kier molecular flexibility index (Phi) is 4.17. The van der Waals surface area contributed by atoms with Gasteiger partial charge in [-0.25, -0.2) is 0 Å². The summed E-state index contributed by atoms with van der Waals surface area (Å²) in [6.07, 6.45) is 4.34. The van der Waals surface area contributed by atoms with Gasteiger partial charge in [-0.3, -0.25) is 4.79 Å². The largest absolute Gasteiger partial charge is 0.302 e. The number of fused-ring (bicyclic) bond motifs is 4. The minimum Gasteiger partial charge on any atom is -0.302 e. The summed E-state index contributed by atoms with van der Waals surface area (Å²) in [7, 11) is 2.21. The van der Waals surface area contributed by atoms with Gasteiger partial charge in [0, 0.05) is 24.9 Å². The van der Waals surface area contributed by atoms with E-state index in [1.807, 2.05) is 6.92 Å². The molecule has 2 heteroatoms. The van der Waals surface area contributed by atoms with Crippen molar-refractivity contribution in [3.05, 3.63) is 35.4 Å². The highest BCUT2D eigenvalue weighted by Gasteiger charge is 2.44. The van der Waals surface area contributed by atoms with Crippen molar-refractivity contribution in [2.75, 3.05) is 13.6 Å². The third-order valence-corrected chi connectivity index (χ3v) is 5.64. The van der Waals surface area contributed by atoms with E-state index in [4.69, 9.17) is 0 Å². The van der Waals surface area contributed by atoms with Crippen LogP contribution in [-0.2, 0) is 4.79 Å². The van der Waals surface area contributed by atoms with Crippen LogP contribution in [0.3, 0.4) is 0 Å². The second-order valence-corrected chi connectivity index (χ2v) is 7.05. The molecule has 2 bridgehead atoms. The van der Waals surface area contributed by atoms with Crippen LogP contribution in [0.5, 0.6) is 0 Å². The molecule has 4 atom stereocenters. The van der Waals surface area contributed by atoms with Gasteiger partial charge in [-0.2, -0.15) is 0 Å². The van der Waals surface area contributed by atoms with Crippen LogP contribution >= 0.6 is 0 Å². The number of hydrogen-bond acceptors (Lipinski definition) is 2. The van der Waals surface area contributed by atoms with Crippen molar-refractivity contribution in [2.45, 2.75) is 51.5 Å². The zero-order valence-electron chi connectivity index (χ0n) is 13.5. The lowest BCUT2D eigenvalue weighted by molar-refractivity contribution is -0.125. The summed E-state index contributed by atoms with van der Waals surface area (Å²) in [5.74, 6) is 1.82. The van der Waals surface area contributed by atoms with Crippen LogP contribution in [0.2, 0.25) is 0 Å². The highest BCUT2D eigenvalue weighted by Crippen LogP contribution is 2.45. The lowest BCUT2D eigenvalue weighted by Gasteiger charge is -2.37. The standard InChI is InChI=1S/C19H27NO/c1-4-18(21)19-16(15-8-5-13(2)6-9-15)11-14-7-10-17(19)20(3)12-14/h5-6,8-9,14,16-17,19H,4,7,10-12H2,1-3H3/t14?,16-,17?,19+/m0/s1. The fraction of sp³-hybridized carbons (Fsp3) is 0.632. The Morgan fingerprint density at radius 2 is 1.95 bits per heavy atom. The Hall–Kier alpha value is -1.15. The molecule has 2 nitrogen and oxygen atoms in total. The number of aryl methyl sites for hydroxylation is 1. The average Bonchev–Trinajstić information content (AvgIpc) is 2.74. The fourth-order valence-corrected chi connectivity index (χ4v) is 4.51. The lowest BCUT2D eigenvalue weighted by atomic mass is 9.77. The second-order valence-electron chi connectivity index (χ2n) is 7.05.